The first-order valence-electron chi connectivity index (χ1n) is 6.46. The van der Waals surface area contributed by atoms with Gasteiger partial charge in [0.25, 0.3) is 0 Å². The van der Waals surface area contributed by atoms with Crippen molar-refractivity contribution in [1.82, 2.24) is 9.97 Å². The molecule has 1 atom stereocenters. The highest BCUT2D eigenvalue weighted by molar-refractivity contribution is 5.41. The summed E-state index contributed by atoms with van der Waals surface area (Å²) in [5.74, 6) is 1.76. The van der Waals surface area contributed by atoms with Crippen LogP contribution >= 0.6 is 0 Å². The van der Waals surface area contributed by atoms with Gasteiger partial charge in [0.2, 0.25) is 0 Å². The van der Waals surface area contributed by atoms with Crippen LogP contribution in [0.15, 0.2) is 12.4 Å². The van der Waals surface area contributed by atoms with Crippen molar-refractivity contribution in [3.05, 3.63) is 18.1 Å². The highest BCUT2D eigenvalue weighted by Crippen LogP contribution is 2.32. The van der Waals surface area contributed by atoms with Crippen molar-refractivity contribution in [1.29, 1.82) is 0 Å². The van der Waals surface area contributed by atoms with E-state index in [1.165, 1.54) is 19.3 Å². The third kappa shape index (κ3) is 2.57. The first-order chi connectivity index (χ1) is 8.33. The summed E-state index contributed by atoms with van der Waals surface area (Å²) >= 11 is 0. The largest absolute Gasteiger partial charge is 0.381 e. The number of ether oxygens (including phenoxy) is 1. The smallest absolute Gasteiger partial charge is 0.132 e. The van der Waals surface area contributed by atoms with E-state index >= 15 is 0 Å². The normalized spacial score (nSPS) is 23.9. The van der Waals surface area contributed by atoms with Crippen LogP contribution in [-0.4, -0.2) is 35.8 Å². The Morgan fingerprint density at radius 2 is 2.24 bits per heavy atom. The second-order valence-electron chi connectivity index (χ2n) is 5.13. The number of anilines is 1. The lowest BCUT2D eigenvalue weighted by molar-refractivity contribution is 0.186. The Hall–Kier alpha value is -1.16. The standard InChI is InChI=1S/C13H19N3O/c1-10-6-13(15-9-14-10)16(12-2-3-12)7-11-4-5-17-8-11/h6,9,11-12H,2-5,7-8H2,1H3/t11-/m1/s1. The van der Waals surface area contributed by atoms with Crippen LogP contribution in [0.25, 0.3) is 0 Å². The van der Waals surface area contributed by atoms with Gasteiger partial charge in [0.1, 0.15) is 12.1 Å². The van der Waals surface area contributed by atoms with E-state index in [2.05, 4.69) is 20.9 Å². The molecule has 1 saturated carbocycles. The second-order valence-corrected chi connectivity index (χ2v) is 5.13. The molecule has 2 heterocycles. The molecule has 0 bridgehead atoms. The fourth-order valence-electron chi connectivity index (χ4n) is 2.42. The first kappa shape index (κ1) is 11.0. The van der Waals surface area contributed by atoms with Crippen LogP contribution in [0.3, 0.4) is 0 Å². The molecule has 0 aromatic carbocycles. The molecule has 4 nitrogen and oxygen atoms in total. The van der Waals surface area contributed by atoms with Gasteiger partial charge in [0.05, 0.1) is 6.61 Å². The summed E-state index contributed by atoms with van der Waals surface area (Å²) in [6, 6.07) is 2.79. The maximum atomic E-state index is 5.46. The van der Waals surface area contributed by atoms with Crippen LogP contribution in [0.1, 0.15) is 25.0 Å². The third-order valence-corrected chi connectivity index (χ3v) is 3.55. The summed E-state index contributed by atoms with van der Waals surface area (Å²) < 4.78 is 5.46. The van der Waals surface area contributed by atoms with E-state index in [0.717, 1.165) is 31.3 Å². The molecule has 3 rings (SSSR count). The van der Waals surface area contributed by atoms with Gasteiger partial charge in [-0.2, -0.15) is 0 Å². The van der Waals surface area contributed by atoms with Crippen LogP contribution < -0.4 is 4.90 Å². The molecule has 0 amide bonds. The zero-order chi connectivity index (χ0) is 11.7. The molecule has 1 saturated heterocycles. The first-order valence-corrected chi connectivity index (χ1v) is 6.46. The number of aromatic nitrogens is 2. The monoisotopic (exact) mass is 233 g/mol. The lowest BCUT2D eigenvalue weighted by atomic mass is 10.1. The minimum Gasteiger partial charge on any atom is -0.381 e. The molecule has 17 heavy (non-hydrogen) atoms. The van der Waals surface area contributed by atoms with E-state index in [9.17, 15) is 0 Å². The van der Waals surface area contributed by atoms with Crippen molar-refractivity contribution in [2.75, 3.05) is 24.7 Å². The highest BCUT2D eigenvalue weighted by Gasteiger charge is 2.32. The molecule has 1 aliphatic carbocycles. The molecule has 92 valence electrons. The SMILES string of the molecule is Cc1cc(N(C[C@H]2CCOC2)C2CC2)ncn1. The summed E-state index contributed by atoms with van der Waals surface area (Å²) in [5.41, 5.74) is 1.04. The Bertz CT molecular complexity index is 386. The van der Waals surface area contributed by atoms with Crippen molar-refractivity contribution in [2.45, 2.75) is 32.2 Å². The lowest BCUT2D eigenvalue weighted by Crippen LogP contribution is -2.32. The molecule has 1 aliphatic heterocycles. The van der Waals surface area contributed by atoms with Crippen LogP contribution in [0.2, 0.25) is 0 Å². The number of nitrogens with zero attached hydrogens (tertiary/aromatic N) is 3. The summed E-state index contributed by atoms with van der Waals surface area (Å²) in [4.78, 5) is 11.0. The topological polar surface area (TPSA) is 38.2 Å². The van der Waals surface area contributed by atoms with Gasteiger partial charge in [0, 0.05) is 36.9 Å². The number of aryl methyl sites for hydroxylation is 1. The highest BCUT2D eigenvalue weighted by atomic mass is 16.5. The summed E-state index contributed by atoms with van der Waals surface area (Å²) in [5, 5.41) is 0. The van der Waals surface area contributed by atoms with Crippen LogP contribution in [-0.2, 0) is 4.74 Å². The van der Waals surface area contributed by atoms with Crippen molar-refractivity contribution >= 4 is 5.82 Å². The predicted octanol–water partition coefficient (Wildman–Crippen LogP) is 1.79. The van der Waals surface area contributed by atoms with Crippen molar-refractivity contribution in [3.63, 3.8) is 0 Å². The summed E-state index contributed by atoms with van der Waals surface area (Å²) in [6.07, 6.45) is 5.46. The molecule has 1 aromatic rings. The quantitative estimate of drug-likeness (QED) is 0.794. The number of hydrogen-bond acceptors (Lipinski definition) is 4. The fourth-order valence-corrected chi connectivity index (χ4v) is 2.42. The Kier molecular flexibility index (Phi) is 2.97. The number of hydrogen-bond donors (Lipinski definition) is 0. The Morgan fingerprint density at radius 3 is 2.88 bits per heavy atom. The van der Waals surface area contributed by atoms with Gasteiger partial charge in [-0.3, -0.25) is 0 Å². The van der Waals surface area contributed by atoms with E-state index in [4.69, 9.17) is 4.74 Å². The van der Waals surface area contributed by atoms with Gasteiger partial charge in [0.15, 0.2) is 0 Å². The van der Waals surface area contributed by atoms with E-state index < -0.39 is 0 Å². The van der Waals surface area contributed by atoms with Crippen LogP contribution in [0, 0.1) is 12.8 Å². The van der Waals surface area contributed by atoms with Crippen LogP contribution in [0.4, 0.5) is 5.82 Å². The third-order valence-electron chi connectivity index (χ3n) is 3.55. The molecule has 4 heteroatoms. The Balaban J connectivity index is 1.74. The minimum absolute atomic E-state index is 0.672. The van der Waals surface area contributed by atoms with E-state index in [0.29, 0.717) is 12.0 Å². The van der Waals surface area contributed by atoms with Gasteiger partial charge < -0.3 is 9.64 Å². The van der Waals surface area contributed by atoms with Gasteiger partial charge >= 0.3 is 0 Å². The van der Waals surface area contributed by atoms with E-state index in [1.807, 2.05) is 6.92 Å². The molecular weight excluding hydrogens is 214 g/mol. The lowest BCUT2D eigenvalue weighted by Gasteiger charge is -2.26. The van der Waals surface area contributed by atoms with Crippen molar-refractivity contribution in [2.24, 2.45) is 5.92 Å². The van der Waals surface area contributed by atoms with Gasteiger partial charge in [-0.1, -0.05) is 0 Å². The second kappa shape index (κ2) is 4.61. The fraction of sp³-hybridized carbons (Fsp3) is 0.692. The Morgan fingerprint density at radius 1 is 1.35 bits per heavy atom. The Labute approximate surface area is 102 Å². The molecule has 0 radical (unpaired) electrons. The predicted molar refractivity (Wildman–Crippen MR) is 66.1 cm³/mol. The zero-order valence-electron chi connectivity index (χ0n) is 10.3. The summed E-state index contributed by atoms with van der Waals surface area (Å²) in [7, 11) is 0. The molecule has 2 fully saturated rings. The van der Waals surface area contributed by atoms with Gasteiger partial charge in [-0.05, 0) is 26.2 Å². The molecule has 1 aromatic heterocycles. The van der Waals surface area contributed by atoms with Gasteiger partial charge in [-0.25, -0.2) is 9.97 Å². The molecule has 0 unspecified atom stereocenters. The maximum Gasteiger partial charge on any atom is 0.132 e. The molecule has 0 spiro atoms. The van der Waals surface area contributed by atoms with Crippen LogP contribution in [0.5, 0.6) is 0 Å². The zero-order valence-corrected chi connectivity index (χ0v) is 10.3. The average Bonchev–Trinajstić information content (AvgIpc) is 3.03. The maximum absolute atomic E-state index is 5.46. The van der Waals surface area contributed by atoms with E-state index in [1.54, 1.807) is 6.33 Å². The van der Waals surface area contributed by atoms with Crippen molar-refractivity contribution in [3.8, 4) is 0 Å². The summed E-state index contributed by atoms with van der Waals surface area (Å²) in [6.45, 7) is 4.94. The minimum atomic E-state index is 0.672. The number of rotatable bonds is 4. The molecule has 2 aliphatic rings. The van der Waals surface area contributed by atoms with E-state index in [-0.39, 0.29) is 0 Å². The van der Waals surface area contributed by atoms with Gasteiger partial charge in [-0.15, -0.1) is 0 Å². The molecular formula is C13H19N3O. The molecule has 0 N–H and O–H groups in total. The van der Waals surface area contributed by atoms with Crippen molar-refractivity contribution < 1.29 is 4.74 Å². The average molecular weight is 233 g/mol.